The fraction of sp³-hybridized carbons (Fsp3) is 0.724. The Balaban J connectivity index is 1.38. The van der Waals surface area contributed by atoms with E-state index in [1.165, 1.54) is 43.5 Å². The van der Waals surface area contributed by atoms with Gasteiger partial charge in [0.15, 0.2) is 0 Å². The first-order chi connectivity index (χ1) is 15.8. The van der Waals surface area contributed by atoms with Crippen LogP contribution < -0.4 is 5.01 Å². The van der Waals surface area contributed by atoms with E-state index in [4.69, 9.17) is 9.84 Å². The molecule has 4 saturated carbocycles. The maximum atomic E-state index is 13.2. The van der Waals surface area contributed by atoms with Crippen molar-refractivity contribution < 1.29 is 9.53 Å². The molecule has 4 aliphatic carbocycles. The number of para-hydroxylation sites is 1. The molecule has 1 aromatic carbocycles. The molecule has 0 aromatic heterocycles. The number of hydrogen-bond acceptors (Lipinski definition) is 4. The van der Waals surface area contributed by atoms with E-state index in [1.54, 1.807) is 0 Å². The maximum absolute atomic E-state index is 13.2. The lowest BCUT2D eigenvalue weighted by Crippen LogP contribution is -2.60. The number of nitrogens with zero attached hydrogens (tertiary/aromatic N) is 2. The molecule has 0 unspecified atom stereocenters. The van der Waals surface area contributed by atoms with E-state index in [1.807, 2.05) is 6.92 Å². The molecule has 1 heterocycles. The zero-order valence-corrected chi connectivity index (χ0v) is 20.9. The van der Waals surface area contributed by atoms with Crippen LogP contribution in [0, 0.1) is 39.4 Å². The van der Waals surface area contributed by atoms with E-state index < -0.39 is 0 Å². The summed E-state index contributed by atoms with van der Waals surface area (Å²) in [5.41, 5.74) is 3.18. The Morgan fingerprint density at radius 2 is 1.82 bits per heavy atom. The van der Waals surface area contributed by atoms with E-state index >= 15 is 0 Å². The Labute approximate surface area is 199 Å². The number of fused-ring (bicyclic) bond motifs is 5. The maximum Gasteiger partial charge on any atom is 0.312 e. The van der Waals surface area contributed by atoms with Gasteiger partial charge in [-0.2, -0.15) is 5.10 Å². The van der Waals surface area contributed by atoms with Gasteiger partial charge in [-0.25, -0.2) is 0 Å². The van der Waals surface area contributed by atoms with E-state index in [0.717, 1.165) is 25.8 Å². The Morgan fingerprint density at radius 3 is 2.58 bits per heavy atom. The van der Waals surface area contributed by atoms with Gasteiger partial charge in [-0.1, -0.05) is 38.5 Å². The zero-order chi connectivity index (χ0) is 23.1. The normalized spacial score (nSPS) is 45.6. The monoisotopic (exact) mass is 448 g/mol. The summed E-state index contributed by atoms with van der Waals surface area (Å²) in [6.45, 7) is 10.7. The standard InChI is InChI=1S/C29H40N2O2/c1-5-33-25(32)28(4)15-9-14-27(3)22(28)13-17-29-19-26(2,16-12-23(27)29)24-21(29)18-31(30-24)20-10-7-6-8-11-20/h6-8,10-11,21-23H,5,9,12-19H2,1-4H3/t21-,22+,23+,26+,27-,28-,29-/m1/s1. The van der Waals surface area contributed by atoms with Gasteiger partial charge in [0.25, 0.3) is 0 Å². The molecule has 4 nitrogen and oxygen atoms in total. The molecule has 0 saturated heterocycles. The van der Waals surface area contributed by atoms with Crippen molar-refractivity contribution in [1.82, 2.24) is 0 Å². The summed E-state index contributed by atoms with van der Waals surface area (Å²) in [6.07, 6.45) is 9.64. The molecule has 5 aliphatic rings. The molecule has 1 aromatic rings. The minimum atomic E-state index is -0.327. The number of anilines is 1. The lowest BCUT2D eigenvalue weighted by Gasteiger charge is -2.64. The van der Waals surface area contributed by atoms with Gasteiger partial charge < -0.3 is 4.74 Å². The second-order valence-corrected chi connectivity index (χ2v) is 12.6. The number of benzene rings is 1. The number of hydrogen-bond donors (Lipinski definition) is 0. The molecule has 1 aliphatic heterocycles. The highest BCUT2D eigenvalue weighted by molar-refractivity contribution is 5.98. The topological polar surface area (TPSA) is 41.9 Å². The molecule has 4 heteroatoms. The van der Waals surface area contributed by atoms with Crippen molar-refractivity contribution >= 4 is 17.4 Å². The smallest absolute Gasteiger partial charge is 0.312 e. The number of esters is 1. The van der Waals surface area contributed by atoms with Crippen molar-refractivity contribution in [1.29, 1.82) is 0 Å². The van der Waals surface area contributed by atoms with Gasteiger partial charge in [-0.15, -0.1) is 0 Å². The first kappa shape index (κ1) is 21.7. The van der Waals surface area contributed by atoms with Crippen LogP contribution in [0.15, 0.2) is 35.4 Å². The lowest BCUT2D eigenvalue weighted by molar-refractivity contribution is -0.191. The summed E-state index contributed by atoms with van der Waals surface area (Å²) >= 11 is 0. The van der Waals surface area contributed by atoms with Gasteiger partial charge in [0.2, 0.25) is 0 Å². The Bertz CT molecular complexity index is 991. The third kappa shape index (κ3) is 2.76. The molecule has 7 atom stereocenters. The third-order valence-corrected chi connectivity index (χ3v) is 11.1. The van der Waals surface area contributed by atoms with Gasteiger partial charge in [-0.3, -0.25) is 9.80 Å². The Hall–Kier alpha value is -1.84. The fourth-order valence-electron chi connectivity index (χ4n) is 9.89. The number of ether oxygens (including phenoxy) is 1. The van der Waals surface area contributed by atoms with Crippen molar-refractivity contribution in [3.8, 4) is 0 Å². The molecule has 0 amide bonds. The molecule has 178 valence electrons. The minimum Gasteiger partial charge on any atom is -0.466 e. The molecule has 4 fully saturated rings. The Kier molecular flexibility index (Phi) is 4.65. The van der Waals surface area contributed by atoms with Gasteiger partial charge >= 0.3 is 5.97 Å². The Morgan fingerprint density at radius 1 is 1.06 bits per heavy atom. The highest BCUT2D eigenvalue weighted by Gasteiger charge is 2.71. The first-order valence-electron chi connectivity index (χ1n) is 13.4. The number of carbonyl (C=O) groups is 1. The van der Waals surface area contributed by atoms with Crippen molar-refractivity contribution in [3.05, 3.63) is 30.3 Å². The summed E-state index contributed by atoms with van der Waals surface area (Å²) in [6, 6.07) is 10.7. The van der Waals surface area contributed by atoms with Crippen LogP contribution in [0.4, 0.5) is 5.69 Å². The zero-order valence-electron chi connectivity index (χ0n) is 20.9. The van der Waals surface area contributed by atoms with Crippen LogP contribution in [0.25, 0.3) is 0 Å². The van der Waals surface area contributed by atoms with E-state index in [2.05, 4.69) is 56.1 Å². The fourth-order valence-corrected chi connectivity index (χ4v) is 9.89. The molecule has 1 spiro atoms. The van der Waals surface area contributed by atoms with E-state index in [9.17, 15) is 4.79 Å². The minimum absolute atomic E-state index is 0.0577. The average molecular weight is 449 g/mol. The van der Waals surface area contributed by atoms with Gasteiger partial charge in [0.05, 0.1) is 24.3 Å². The van der Waals surface area contributed by atoms with Crippen molar-refractivity contribution in [2.24, 2.45) is 44.5 Å². The molecule has 33 heavy (non-hydrogen) atoms. The van der Waals surface area contributed by atoms with E-state index in [-0.39, 0.29) is 22.2 Å². The van der Waals surface area contributed by atoms with Gasteiger partial charge in [-0.05, 0) is 93.6 Å². The molecule has 0 radical (unpaired) electrons. The predicted octanol–water partition coefficient (Wildman–Crippen LogP) is 6.45. The first-order valence-corrected chi connectivity index (χ1v) is 13.4. The van der Waals surface area contributed by atoms with Crippen LogP contribution >= 0.6 is 0 Å². The molecule has 6 rings (SSSR count). The number of hydrazone groups is 1. The second kappa shape index (κ2) is 7.09. The largest absolute Gasteiger partial charge is 0.466 e. The highest BCUT2D eigenvalue weighted by atomic mass is 16.5. The number of rotatable bonds is 3. The van der Waals surface area contributed by atoms with Crippen LogP contribution in [-0.4, -0.2) is 24.8 Å². The summed E-state index contributed by atoms with van der Waals surface area (Å²) in [4.78, 5) is 13.2. The van der Waals surface area contributed by atoms with Crippen LogP contribution in [0.2, 0.25) is 0 Å². The molecular weight excluding hydrogens is 408 g/mol. The second-order valence-electron chi connectivity index (χ2n) is 12.6. The summed E-state index contributed by atoms with van der Waals surface area (Å²) in [7, 11) is 0. The predicted molar refractivity (Wildman–Crippen MR) is 132 cm³/mol. The van der Waals surface area contributed by atoms with Gasteiger partial charge in [0, 0.05) is 17.0 Å². The SMILES string of the molecule is CCOC(=O)[C@]1(C)CCC[C@@]2(C)[C@@H]3CC[C@@]4(C)C[C@]3(CC[C@@H]21)[C@@H]1CN(c2ccccc2)N=C14. The molecule has 0 N–H and O–H groups in total. The van der Waals surface area contributed by atoms with Crippen LogP contribution in [-0.2, 0) is 9.53 Å². The summed E-state index contributed by atoms with van der Waals surface area (Å²) in [5.74, 6) is 1.73. The average Bonchev–Trinajstić information content (AvgIpc) is 3.32. The van der Waals surface area contributed by atoms with Gasteiger partial charge in [0.1, 0.15) is 0 Å². The number of carbonyl (C=O) groups excluding carboxylic acids is 1. The van der Waals surface area contributed by atoms with E-state index in [0.29, 0.717) is 29.8 Å². The van der Waals surface area contributed by atoms with Crippen LogP contribution in [0.1, 0.15) is 79.1 Å². The summed E-state index contributed by atoms with van der Waals surface area (Å²) < 4.78 is 5.66. The van der Waals surface area contributed by atoms with Crippen LogP contribution in [0.3, 0.4) is 0 Å². The lowest BCUT2D eigenvalue weighted by atomic mass is 9.39. The van der Waals surface area contributed by atoms with Crippen molar-refractivity contribution in [2.45, 2.75) is 79.1 Å². The van der Waals surface area contributed by atoms with Crippen molar-refractivity contribution in [3.63, 3.8) is 0 Å². The highest BCUT2D eigenvalue weighted by Crippen LogP contribution is 2.75. The quantitative estimate of drug-likeness (QED) is 0.499. The van der Waals surface area contributed by atoms with Crippen LogP contribution in [0.5, 0.6) is 0 Å². The third-order valence-electron chi connectivity index (χ3n) is 11.1. The molecule has 2 bridgehead atoms. The van der Waals surface area contributed by atoms with Crippen molar-refractivity contribution in [2.75, 3.05) is 18.2 Å². The summed E-state index contributed by atoms with van der Waals surface area (Å²) in [5, 5.41) is 7.60. The molecular formula is C29H40N2O2.